The maximum Gasteiger partial charge on any atom is 0.162 e. The van der Waals surface area contributed by atoms with Gasteiger partial charge >= 0.3 is 0 Å². The van der Waals surface area contributed by atoms with Crippen LogP contribution in [-0.2, 0) is 9.47 Å². The largest absolute Gasteiger partial charge is 0.394 e. The monoisotopic (exact) mass is 207 g/mol. The van der Waals surface area contributed by atoms with E-state index >= 15 is 0 Å². The quantitative estimate of drug-likeness (QED) is 0.400. The van der Waals surface area contributed by atoms with Crippen molar-refractivity contribution in [3.05, 3.63) is 0 Å². The summed E-state index contributed by atoms with van der Waals surface area (Å²) in [6.45, 7) is -0.370. The predicted octanol–water partition coefficient (Wildman–Crippen LogP) is -1.99. The van der Waals surface area contributed by atoms with Crippen molar-refractivity contribution in [2.75, 3.05) is 20.8 Å². The zero-order chi connectivity index (χ0) is 10.8. The number of aliphatic hydroxyl groups excluding tert-OH is 2. The van der Waals surface area contributed by atoms with Gasteiger partial charge in [0, 0.05) is 13.5 Å². The van der Waals surface area contributed by atoms with E-state index < -0.39 is 24.2 Å². The molecule has 4 N–H and O–H groups in total. The Hall–Kier alpha value is -0.240. The van der Waals surface area contributed by atoms with E-state index in [1.54, 1.807) is 0 Å². The van der Waals surface area contributed by atoms with Crippen LogP contribution >= 0.6 is 0 Å². The van der Waals surface area contributed by atoms with Crippen LogP contribution in [0.2, 0.25) is 0 Å². The van der Waals surface area contributed by atoms with Gasteiger partial charge in [0.15, 0.2) is 6.29 Å². The van der Waals surface area contributed by atoms with Crippen molar-refractivity contribution in [1.29, 1.82) is 0 Å². The summed E-state index contributed by atoms with van der Waals surface area (Å²) in [6, 6.07) is 0. The number of ether oxygens (including phenoxy) is 2. The minimum Gasteiger partial charge on any atom is -0.394 e. The van der Waals surface area contributed by atoms with Crippen LogP contribution in [-0.4, -0.2) is 60.3 Å². The van der Waals surface area contributed by atoms with Gasteiger partial charge in [-0.1, -0.05) is 0 Å². The van der Waals surface area contributed by atoms with Crippen molar-refractivity contribution >= 4 is 0 Å². The van der Waals surface area contributed by atoms with Gasteiger partial charge in [-0.3, -0.25) is 5.32 Å². The molecule has 1 heterocycles. The minimum atomic E-state index is -1.48. The van der Waals surface area contributed by atoms with E-state index in [0.29, 0.717) is 0 Å². The fourth-order valence-corrected chi connectivity index (χ4v) is 1.53. The molecule has 0 aromatic heterocycles. The molecule has 0 saturated carbocycles. The topological polar surface area (TPSA) is 91.2 Å². The maximum atomic E-state index is 9.92. The van der Waals surface area contributed by atoms with Crippen molar-refractivity contribution in [1.82, 2.24) is 5.32 Å². The molecule has 1 aliphatic rings. The van der Waals surface area contributed by atoms with Gasteiger partial charge in [0.1, 0.15) is 17.9 Å². The van der Waals surface area contributed by atoms with Crippen molar-refractivity contribution in [2.24, 2.45) is 0 Å². The van der Waals surface area contributed by atoms with E-state index in [0.717, 1.165) is 0 Å². The third-order valence-electron chi connectivity index (χ3n) is 2.52. The summed E-state index contributed by atoms with van der Waals surface area (Å²) in [5, 5.41) is 31.1. The molecule has 0 amide bonds. The number of hydrogen-bond acceptors (Lipinski definition) is 6. The zero-order valence-electron chi connectivity index (χ0n) is 8.30. The first-order chi connectivity index (χ1) is 6.57. The number of nitrogens with one attached hydrogen (secondary N) is 1. The van der Waals surface area contributed by atoms with E-state index in [2.05, 4.69) is 5.32 Å². The normalized spacial score (nSPS) is 43.9. The highest BCUT2D eigenvalue weighted by Gasteiger charge is 2.47. The molecule has 14 heavy (non-hydrogen) atoms. The number of rotatable bonds is 3. The van der Waals surface area contributed by atoms with E-state index in [9.17, 15) is 10.2 Å². The maximum absolute atomic E-state index is 9.92. The van der Waals surface area contributed by atoms with Gasteiger partial charge in [0.2, 0.25) is 0 Å². The second-order valence-corrected chi connectivity index (χ2v) is 3.35. The van der Waals surface area contributed by atoms with Gasteiger partial charge in [0.25, 0.3) is 0 Å². The summed E-state index contributed by atoms with van der Waals surface area (Å²) >= 11 is 0. The number of hydrogen-bond donors (Lipinski definition) is 4. The highest BCUT2D eigenvalue weighted by Crippen LogP contribution is 2.27. The first-order valence-corrected chi connectivity index (χ1v) is 4.46. The van der Waals surface area contributed by atoms with Crippen LogP contribution in [0.15, 0.2) is 0 Å². The van der Waals surface area contributed by atoms with Crippen LogP contribution in [0.5, 0.6) is 0 Å². The molecule has 1 fully saturated rings. The smallest absolute Gasteiger partial charge is 0.162 e. The summed E-state index contributed by atoms with van der Waals surface area (Å²) in [4.78, 5) is 0. The van der Waals surface area contributed by atoms with Gasteiger partial charge in [-0.05, 0) is 7.05 Å². The summed E-state index contributed by atoms with van der Waals surface area (Å²) in [7, 11) is 2.96. The van der Waals surface area contributed by atoms with Crippen molar-refractivity contribution in [2.45, 2.75) is 30.6 Å². The van der Waals surface area contributed by atoms with Gasteiger partial charge in [-0.15, -0.1) is 0 Å². The molecule has 6 heteroatoms. The molecule has 0 spiro atoms. The number of likely N-dealkylation sites (N-methyl/N-ethyl adjacent to an activating group) is 1. The molecule has 0 radical (unpaired) electrons. The Morgan fingerprint density at radius 3 is 2.71 bits per heavy atom. The van der Waals surface area contributed by atoms with E-state index in [1.807, 2.05) is 0 Å². The molecule has 1 saturated heterocycles. The minimum absolute atomic E-state index is 0.109. The first-order valence-electron chi connectivity index (χ1n) is 4.46. The SMILES string of the molecule is CN[C@@]1(O)C[C@H](OC)O[C@H](CO)[C@@H]1O. The lowest BCUT2D eigenvalue weighted by molar-refractivity contribution is -0.285. The molecule has 4 atom stereocenters. The van der Waals surface area contributed by atoms with E-state index in [4.69, 9.17) is 14.6 Å². The average Bonchev–Trinajstić information content (AvgIpc) is 2.22. The van der Waals surface area contributed by atoms with Crippen LogP contribution in [0.25, 0.3) is 0 Å². The Labute approximate surface area is 82.4 Å². The average molecular weight is 207 g/mol. The molecule has 1 rings (SSSR count). The Morgan fingerprint density at radius 1 is 1.64 bits per heavy atom. The standard InChI is InChI=1S/C8H17NO5/c1-9-8(12)3-6(13-2)14-5(4-10)7(8)11/h5-7,9-12H,3-4H2,1-2H3/t5-,6-,7+,8-/m1/s1. The molecule has 0 unspecified atom stereocenters. The highest BCUT2D eigenvalue weighted by atomic mass is 16.7. The summed E-state index contributed by atoms with van der Waals surface area (Å²) in [5.74, 6) is 0. The van der Waals surface area contributed by atoms with Crippen LogP contribution < -0.4 is 5.32 Å². The highest BCUT2D eigenvalue weighted by molar-refractivity contribution is 4.92. The molecule has 0 aromatic carbocycles. The van der Waals surface area contributed by atoms with Crippen molar-refractivity contribution in [3.8, 4) is 0 Å². The molecular formula is C8H17NO5. The Balaban J connectivity index is 2.75. The van der Waals surface area contributed by atoms with Gasteiger partial charge in [-0.25, -0.2) is 0 Å². The fourth-order valence-electron chi connectivity index (χ4n) is 1.53. The molecule has 6 nitrogen and oxygen atoms in total. The lowest BCUT2D eigenvalue weighted by atomic mass is 9.95. The second-order valence-electron chi connectivity index (χ2n) is 3.35. The predicted molar refractivity (Wildman–Crippen MR) is 47.4 cm³/mol. The van der Waals surface area contributed by atoms with Crippen LogP contribution in [0, 0.1) is 0 Å². The third kappa shape index (κ3) is 2.05. The van der Waals surface area contributed by atoms with Crippen LogP contribution in [0.1, 0.15) is 6.42 Å². The molecule has 0 aromatic rings. The Bertz CT molecular complexity index is 191. The van der Waals surface area contributed by atoms with E-state index in [1.165, 1.54) is 14.2 Å². The first kappa shape index (κ1) is 11.8. The molecular weight excluding hydrogens is 190 g/mol. The molecule has 1 aliphatic heterocycles. The third-order valence-corrected chi connectivity index (χ3v) is 2.52. The summed E-state index contributed by atoms with van der Waals surface area (Å²) in [5.41, 5.74) is -1.48. The lowest BCUT2D eigenvalue weighted by Crippen LogP contribution is -2.64. The Kier molecular flexibility index (Phi) is 3.82. The molecule has 0 aliphatic carbocycles. The lowest BCUT2D eigenvalue weighted by Gasteiger charge is -2.43. The Morgan fingerprint density at radius 2 is 2.29 bits per heavy atom. The second kappa shape index (κ2) is 4.52. The summed E-state index contributed by atoms with van der Waals surface area (Å²) < 4.78 is 10.1. The summed E-state index contributed by atoms with van der Waals surface area (Å²) in [6.07, 6.45) is -2.54. The number of aliphatic hydroxyl groups is 3. The number of methoxy groups -OCH3 is 1. The van der Waals surface area contributed by atoms with Crippen LogP contribution in [0.3, 0.4) is 0 Å². The molecule has 0 bridgehead atoms. The zero-order valence-corrected chi connectivity index (χ0v) is 8.30. The van der Waals surface area contributed by atoms with Crippen molar-refractivity contribution < 1.29 is 24.8 Å². The van der Waals surface area contributed by atoms with Gasteiger partial charge in [-0.2, -0.15) is 0 Å². The van der Waals surface area contributed by atoms with Gasteiger partial charge < -0.3 is 24.8 Å². The molecule has 84 valence electrons. The fraction of sp³-hybridized carbons (Fsp3) is 1.00. The van der Waals surface area contributed by atoms with Crippen LogP contribution in [0.4, 0.5) is 0 Å². The van der Waals surface area contributed by atoms with Gasteiger partial charge in [0.05, 0.1) is 6.61 Å². The van der Waals surface area contributed by atoms with Crippen molar-refractivity contribution in [3.63, 3.8) is 0 Å². The van der Waals surface area contributed by atoms with E-state index in [-0.39, 0.29) is 13.0 Å².